The molecule has 0 atom stereocenters. The Hall–Kier alpha value is -1.25. The van der Waals surface area contributed by atoms with E-state index in [4.69, 9.17) is 5.73 Å². The van der Waals surface area contributed by atoms with Crippen LogP contribution < -0.4 is 10.6 Å². The van der Waals surface area contributed by atoms with Crippen molar-refractivity contribution in [1.29, 1.82) is 0 Å². The van der Waals surface area contributed by atoms with E-state index in [2.05, 4.69) is 16.8 Å². The van der Waals surface area contributed by atoms with E-state index in [0.29, 0.717) is 5.82 Å². The van der Waals surface area contributed by atoms with E-state index in [1.54, 1.807) is 0 Å². The Morgan fingerprint density at radius 3 is 2.80 bits per heavy atom. The second kappa shape index (κ2) is 4.51. The Balaban J connectivity index is 2.04. The van der Waals surface area contributed by atoms with E-state index in [0.717, 1.165) is 24.8 Å². The first-order chi connectivity index (χ1) is 7.29. The minimum absolute atomic E-state index is 0.611. The largest absolute Gasteiger partial charge is 0.384 e. The molecule has 0 saturated heterocycles. The van der Waals surface area contributed by atoms with Crippen LogP contribution in [0.1, 0.15) is 26.2 Å². The minimum Gasteiger partial charge on any atom is -0.384 e. The van der Waals surface area contributed by atoms with Crippen LogP contribution in [0.5, 0.6) is 0 Å². The normalized spacial score (nSPS) is 16.1. The van der Waals surface area contributed by atoms with E-state index in [-0.39, 0.29) is 0 Å². The predicted molar refractivity (Wildman–Crippen MR) is 63.9 cm³/mol. The second-order valence-electron chi connectivity index (χ2n) is 4.26. The zero-order chi connectivity index (χ0) is 10.7. The lowest BCUT2D eigenvalue weighted by molar-refractivity contribution is 0.318. The molecular weight excluding hydrogens is 186 g/mol. The first-order valence-electron chi connectivity index (χ1n) is 5.77. The van der Waals surface area contributed by atoms with Crippen molar-refractivity contribution >= 4 is 11.6 Å². The molecule has 0 aliphatic heterocycles. The molecule has 0 amide bonds. The molecule has 2 rings (SSSR count). The molecule has 0 unspecified atom stereocenters. The van der Waals surface area contributed by atoms with Gasteiger partial charge < -0.3 is 10.6 Å². The van der Waals surface area contributed by atoms with Gasteiger partial charge in [0.25, 0.3) is 0 Å². The maximum absolute atomic E-state index is 5.69. The summed E-state index contributed by atoms with van der Waals surface area (Å²) in [6.07, 6.45) is 4.14. The fraction of sp³-hybridized carbons (Fsp3) is 0.583. The fourth-order valence-electron chi connectivity index (χ4n) is 1.99. The van der Waals surface area contributed by atoms with Crippen LogP contribution in [0, 0.1) is 5.92 Å². The predicted octanol–water partition coefficient (Wildman–Crippen LogP) is 2.29. The molecule has 3 heteroatoms. The molecule has 1 fully saturated rings. The topological polar surface area (TPSA) is 42.1 Å². The number of aromatic nitrogens is 1. The van der Waals surface area contributed by atoms with Crippen LogP contribution in [0.15, 0.2) is 18.2 Å². The first-order valence-corrected chi connectivity index (χ1v) is 5.77. The second-order valence-corrected chi connectivity index (χ2v) is 4.26. The number of nitrogens with two attached hydrogens (primary N) is 1. The quantitative estimate of drug-likeness (QED) is 0.820. The third-order valence-electron chi connectivity index (χ3n) is 3.16. The monoisotopic (exact) mass is 205 g/mol. The number of hydrogen-bond acceptors (Lipinski definition) is 3. The number of anilines is 2. The summed E-state index contributed by atoms with van der Waals surface area (Å²) < 4.78 is 0. The number of nitrogens with zero attached hydrogens (tertiary/aromatic N) is 2. The van der Waals surface area contributed by atoms with Crippen LogP contribution in [0.25, 0.3) is 0 Å². The Kier molecular flexibility index (Phi) is 3.09. The summed E-state index contributed by atoms with van der Waals surface area (Å²) in [4.78, 5) is 6.68. The molecule has 3 nitrogen and oxygen atoms in total. The van der Waals surface area contributed by atoms with Crippen molar-refractivity contribution in [2.24, 2.45) is 5.92 Å². The highest BCUT2D eigenvalue weighted by molar-refractivity contribution is 5.44. The minimum atomic E-state index is 0.611. The Labute approximate surface area is 91.3 Å². The summed E-state index contributed by atoms with van der Waals surface area (Å²) >= 11 is 0. The molecule has 1 saturated carbocycles. The molecule has 1 aromatic heterocycles. The van der Waals surface area contributed by atoms with Gasteiger partial charge >= 0.3 is 0 Å². The molecular formula is C12H19N3. The highest BCUT2D eigenvalue weighted by Crippen LogP contribution is 2.28. The summed E-state index contributed by atoms with van der Waals surface area (Å²) in [6, 6.07) is 5.85. The van der Waals surface area contributed by atoms with Gasteiger partial charge in [-0.25, -0.2) is 4.98 Å². The number of hydrogen-bond donors (Lipinski definition) is 1. The van der Waals surface area contributed by atoms with Crippen molar-refractivity contribution in [3.63, 3.8) is 0 Å². The molecule has 1 aliphatic rings. The van der Waals surface area contributed by atoms with Crippen molar-refractivity contribution < 1.29 is 0 Å². The molecule has 0 bridgehead atoms. The summed E-state index contributed by atoms with van der Waals surface area (Å²) in [6.45, 7) is 4.31. The zero-order valence-electron chi connectivity index (χ0n) is 9.32. The highest BCUT2D eigenvalue weighted by Gasteiger charge is 2.20. The van der Waals surface area contributed by atoms with Crippen molar-refractivity contribution in [3.8, 4) is 0 Å². The smallest absolute Gasteiger partial charge is 0.130 e. The average Bonchev–Trinajstić information content (AvgIpc) is 2.16. The van der Waals surface area contributed by atoms with Gasteiger partial charge in [0.15, 0.2) is 0 Å². The maximum Gasteiger partial charge on any atom is 0.130 e. The van der Waals surface area contributed by atoms with Gasteiger partial charge in [0.2, 0.25) is 0 Å². The van der Waals surface area contributed by atoms with Crippen LogP contribution in [-0.4, -0.2) is 18.1 Å². The standard InChI is InChI=1S/C12H19N3/c1-2-15(9-10-5-3-6-10)12-8-4-7-11(13)14-12/h4,7-8,10H,2-3,5-6,9H2,1H3,(H2,13,14). The summed E-state index contributed by atoms with van der Waals surface area (Å²) in [5.74, 6) is 2.50. The Morgan fingerprint density at radius 2 is 2.27 bits per heavy atom. The van der Waals surface area contributed by atoms with Gasteiger partial charge in [-0.3, -0.25) is 0 Å². The van der Waals surface area contributed by atoms with Crippen molar-refractivity contribution in [1.82, 2.24) is 4.98 Å². The summed E-state index contributed by atoms with van der Waals surface area (Å²) in [7, 11) is 0. The molecule has 82 valence electrons. The molecule has 15 heavy (non-hydrogen) atoms. The van der Waals surface area contributed by atoms with Crippen molar-refractivity contribution in [2.75, 3.05) is 23.7 Å². The van der Waals surface area contributed by atoms with E-state index in [1.807, 2.05) is 18.2 Å². The number of pyridine rings is 1. The molecule has 0 aromatic carbocycles. The van der Waals surface area contributed by atoms with E-state index >= 15 is 0 Å². The van der Waals surface area contributed by atoms with Crippen LogP contribution >= 0.6 is 0 Å². The lowest BCUT2D eigenvalue weighted by Gasteiger charge is -2.32. The molecule has 0 radical (unpaired) electrons. The number of nitrogen functional groups attached to an aromatic ring is 1. The third kappa shape index (κ3) is 2.41. The molecule has 1 aromatic rings. The first kappa shape index (κ1) is 10.3. The maximum atomic E-state index is 5.69. The third-order valence-corrected chi connectivity index (χ3v) is 3.16. The van der Waals surface area contributed by atoms with Gasteiger partial charge in [-0.15, -0.1) is 0 Å². The lowest BCUT2D eigenvalue weighted by Crippen LogP contribution is -2.33. The van der Waals surface area contributed by atoms with Crippen LogP contribution in [0.3, 0.4) is 0 Å². The molecule has 1 aliphatic carbocycles. The van der Waals surface area contributed by atoms with Gasteiger partial charge in [0.05, 0.1) is 0 Å². The van der Waals surface area contributed by atoms with Gasteiger partial charge in [0, 0.05) is 13.1 Å². The van der Waals surface area contributed by atoms with Gasteiger partial charge in [-0.2, -0.15) is 0 Å². The molecule has 1 heterocycles. The Morgan fingerprint density at radius 1 is 1.47 bits per heavy atom. The summed E-state index contributed by atoms with van der Waals surface area (Å²) in [5.41, 5.74) is 5.69. The van der Waals surface area contributed by atoms with Gasteiger partial charge in [-0.05, 0) is 37.8 Å². The van der Waals surface area contributed by atoms with Gasteiger partial charge in [0.1, 0.15) is 11.6 Å². The van der Waals surface area contributed by atoms with E-state index in [1.165, 1.54) is 19.3 Å². The van der Waals surface area contributed by atoms with Crippen molar-refractivity contribution in [3.05, 3.63) is 18.2 Å². The van der Waals surface area contributed by atoms with Crippen LogP contribution in [-0.2, 0) is 0 Å². The Bertz CT molecular complexity index is 320. The van der Waals surface area contributed by atoms with Crippen LogP contribution in [0.2, 0.25) is 0 Å². The molecule has 0 spiro atoms. The lowest BCUT2D eigenvalue weighted by atomic mass is 9.85. The number of rotatable bonds is 4. The molecule has 2 N–H and O–H groups in total. The van der Waals surface area contributed by atoms with E-state index < -0.39 is 0 Å². The highest BCUT2D eigenvalue weighted by atomic mass is 15.2. The SMILES string of the molecule is CCN(CC1CCC1)c1cccc(N)n1. The van der Waals surface area contributed by atoms with Crippen LogP contribution in [0.4, 0.5) is 11.6 Å². The van der Waals surface area contributed by atoms with Crippen molar-refractivity contribution in [2.45, 2.75) is 26.2 Å². The average molecular weight is 205 g/mol. The van der Waals surface area contributed by atoms with Gasteiger partial charge in [-0.1, -0.05) is 12.5 Å². The summed E-state index contributed by atoms with van der Waals surface area (Å²) in [5, 5.41) is 0. The fourth-order valence-corrected chi connectivity index (χ4v) is 1.99. The van der Waals surface area contributed by atoms with E-state index in [9.17, 15) is 0 Å². The zero-order valence-corrected chi connectivity index (χ0v) is 9.32.